The minimum Gasteiger partial charge on any atom is -0.466 e. The van der Waals surface area contributed by atoms with E-state index in [0.717, 1.165) is 17.1 Å². The summed E-state index contributed by atoms with van der Waals surface area (Å²) in [6.45, 7) is 6.06. The number of carbonyl (C=O) groups excluding carboxylic acids is 3. The number of amides is 2. The van der Waals surface area contributed by atoms with E-state index in [1.807, 2.05) is 25.1 Å². The van der Waals surface area contributed by atoms with Crippen LogP contribution in [0.2, 0.25) is 0 Å². The minimum absolute atomic E-state index is 0.126. The maximum Gasteiger partial charge on any atom is 0.325 e. The molecule has 2 aliphatic heterocycles. The van der Waals surface area contributed by atoms with Gasteiger partial charge in [0.15, 0.2) is 5.82 Å². The number of esters is 2. The Kier molecular flexibility index (Phi) is 8.29. The topological polar surface area (TPSA) is 127 Å². The molecule has 0 bridgehead atoms. The predicted molar refractivity (Wildman–Crippen MR) is 131 cm³/mol. The van der Waals surface area contributed by atoms with Gasteiger partial charge in [-0.05, 0) is 38.8 Å². The van der Waals surface area contributed by atoms with Crippen molar-refractivity contribution in [2.45, 2.75) is 39.7 Å². The molecule has 11 heteroatoms. The molecule has 2 aromatic heterocycles. The molecule has 0 radical (unpaired) electrons. The first-order chi connectivity index (χ1) is 17.5. The lowest BCUT2D eigenvalue weighted by Crippen LogP contribution is -2.45. The third-order valence-electron chi connectivity index (χ3n) is 6.32. The average Bonchev–Trinajstić information content (AvgIpc) is 2.91. The molecule has 11 nitrogen and oxygen atoms in total. The van der Waals surface area contributed by atoms with Gasteiger partial charge in [0.05, 0.1) is 31.4 Å². The molecule has 2 amide bonds. The van der Waals surface area contributed by atoms with E-state index in [1.165, 1.54) is 0 Å². The molecule has 2 aromatic rings. The standard InChI is InChI=1S/C25H32N6O5/c1-3-35-21(32)15-27-25(34)31-14-10-19-18(16-31)23(29-22(28-19)20-7-5-6-11-26-20)30-12-8-17(9-13-30)24(33)36-4-2/h5-7,11,17H,3-4,8-10,12-16H2,1-2H3,(H,27,34). The Balaban J connectivity index is 1.57. The molecule has 0 aliphatic carbocycles. The highest BCUT2D eigenvalue weighted by atomic mass is 16.5. The molecule has 2 aliphatic rings. The third-order valence-corrected chi connectivity index (χ3v) is 6.32. The fourth-order valence-electron chi connectivity index (χ4n) is 4.50. The second-order valence-electron chi connectivity index (χ2n) is 8.66. The van der Waals surface area contributed by atoms with Crippen molar-refractivity contribution in [3.05, 3.63) is 35.7 Å². The number of hydrogen-bond donors (Lipinski definition) is 1. The van der Waals surface area contributed by atoms with Crippen LogP contribution in [0.3, 0.4) is 0 Å². The summed E-state index contributed by atoms with van der Waals surface area (Å²) < 4.78 is 10.1. The Labute approximate surface area is 210 Å². The lowest BCUT2D eigenvalue weighted by Gasteiger charge is -2.36. The lowest BCUT2D eigenvalue weighted by molar-refractivity contribution is -0.148. The van der Waals surface area contributed by atoms with Crippen LogP contribution in [0.1, 0.15) is 37.9 Å². The van der Waals surface area contributed by atoms with Crippen LogP contribution in [0.25, 0.3) is 11.5 Å². The van der Waals surface area contributed by atoms with Crippen molar-refractivity contribution in [1.82, 2.24) is 25.2 Å². The maximum absolute atomic E-state index is 12.8. The fourth-order valence-corrected chi connectivity index (χ4v) is 4.50. The molecular weight excluding hydrogens is 464 g/mol. The van der Waals surface area contributed by atoms with E-state index in [2.05, 4.69) is 15.2 Å². The molecule has 4 rings (SSSR count). The van der Waals surface area contributed by atoms with Crippen LogP contribution >= 0.6 is 0 Å². The van der Waals surface area contributed by atoms with Crippen LogP contribution in [0.5, 0.6) is 0 Å². The summed E-state index contributed by atoms with van der Waals surface area (Å²) in [6, 6.07) is 5.27. The van der Waals surface area contributed by atoms with Crippen molar-refractivity contribution < 1.29 is 23.9 Å². The molecule has 192 valence electrons. The van der Waals surface area contributed by atoms with Crippen molar-refractivity contribution in [3.8, 4) is 11.5 Å². The summed E-state index contributed by atoms with van der Waals surface area (Å²) in [4.78, 5) is 54.5. The number of urea groups is 1. The zero-order valence-electron chi connectivity index (χ0n) is 20.7. The van der Waals surface area contributed by atoms with Crippen molar-refractivity contribution in [3.63, 3.8) is 0 Å². The Bertz CT molecular complexity index is 1090. The predicted octanol–water partition coefficient (Wildman–Crippen LogP) is 1.95. The van der Waals surface area contributed by atoms with Crippen molar-refractivity contribution in [2.75, 3.05) is 44.3 Å². The van der Waals surface area contributed by atoms with E-state index in [4.69, 9.17) is 19.4 Å². The zero-order valence-corrected chi connectivity index (χ0v) is 20.7. The number of nitrogens with zero attached hydrogens (tertiary/aromatic N) is 5. The molecule has 0 saturated carbocycles. The van der Waals surface area contributed by atoms with Crippen LogP contribution in [0, 0.1) is 5.92 Å². The molecule has 1 N–H and O–H groups in total. The van der Waals surface area contributed by atoms with Crippen LogP contribution in [0.4, 0.5) is 10.6 Å². The van der Waals surface area contributed by atoms with E-state index in [1.54, 1.807) is 18.0 Å². The quantitative estimate of drug-likeness (QED) is 0.572. The molecule has 1 fully saturated rings. The number of hydrogen-bond acceptors (Lipinski definition) is 9. The number of nitrogens with one attached hydrogen (secondary N) is 1. The number of piperidine rings is 1. The molecule has 1 saturated heterocycles. The number of aromatic nitrogens is 3. The first kappa shape index (κ1) is 25.3. The van der Waals surface area contributed by atoms with Gasteiger partial charge in [0.2, 0.25) is 0 Å². The Morgan fingerprint density at radius 1 is 1.06 bits per heavy atom. The van der Waals surface area contributed by atoms with Gasteiger partial charge in [0.25, 0.3) is 0 Å². The van der Waals surface area contributed by atoms with Crippen molar-refractivity contribution in [2.24, 2.45) is 5.92 Å². The molecule has 0 spiro atoms. The van der Waals surface area contributed by atoms with E-state index in [-0.39, 0.29) is 31.1 Å². The summed E-state index contributed by atoms with van der Waals surface area (Å²) in [5, 5.41) is 2.63. The lowest BCUT2D eigenvalue weighted by atomic mass is 9.96. The smallest absolute Gasteiger partial charge is 0.325 e. The second kappa shape index (κ2) is 11.8. The summed E-state index contributed by atoms with van der Waals surface area (Å²) in [5.41, 5.74) is 2.43. The average molecular weight is 497 g/mol. The van der Waals surface area contributed by atoms with Crippen LogP contribution < -0.4 is 10.2 Å². The van der Waals surface area contributed by atoms with Gasteiger partial charge in [-0.3, -0.25) is 14.6 Å². The first-order valence-electron chi connectivity index (χ1n) is 12.4. The first-order valence-corrected chi connectivity index (χ1v) is 12.4. The van der Waals surface area contributed by atoms with Crippen LogP contribution in [0.15, 0.2) is 24.4 Å². The van der Waals surface area contributed by atoms with E-state index < -0.39 is 5.97 Å². The molecule has 36 heavy (non-hydrogen) atoms. The zero-order chi connectivity index (χ0) is 25.5. The minimum atomic E-state index is -0.475. The number of carbonyl (C=O) groups is 3. The van der Waals surface area contributed by atoms with Gasteiger partial charge in [-0.1, -0.05) is 6.07 Å². The van der Waals surface area contributed by atoms with Crippen LogP contribution in [-0.4, -0.2) is 77.2 Å². The molecular formula is C25H32N6O5. The summed E-state index contributed by atoms with van der Waals surface area (Å²) in [5.74, 6) is 0.541. The van der Waals surface area contributed by atoms with E-state index >= 15 is 0 Å². The van der Waals surface area contributed by atoms with E-state index in [9.17, 15) is 14.4 Å². The van der Waals surface area contributed by atoms with Crippen molar-refractivity contribution >= 4 is 23.8 Å². The van der Waals surface area contributed by atoms with Gasteiger partial charge in [-0.25, -0.2) is 14.8 Å². The van der Waals surface area contributed by atoms with Gasteiger partial charge in [-0.15, -0.1) is 0 Å². The monoisotopic (exact) mass is 496 g/mol. The number of anilines is 1. The molecule has 0 atom stereocenters. The largest absolute Gasteiger partial charge is 0.466 e. The molecule has 0 aromatic carbocycles. The Morgan fingerprint density at radius 2 is 1.83 bits per heavy atom. The van der Waals surface area contributed by atoms with Gasteiger partial charge < -0.3 is 24.6 Å². The molecule has 4 heterocycles. The number of pyridine rings is 1. The Morgan fingerprint density at radius 3 is 2.53 bits per heavy atom. The summed E-state index contributed by atoms with van der Waals surface area (Å²) >= 11 is 0. The maximum atomic E-state index is 12.8. The normalized spacial score (nSPS) is 15.7. The number of fused-ring (bicyclic) bond motifs is 1. The fraction of sp³-hybridized carbons (Fsp3) is 0.520. The summed E-state index contributed by atoms with van der Waals surface area (Å²) in [6.07, 6.45) is 3.59. The highest BCUT2D eigenvalue weighted by Gasteiger charge is 2.32. The highest BCUT2D eigenvalue weighted by Crippen LogP contribution is 2.32. The van der Waals surface area contributed by atoms with Gasteiger partial charge >= 0.3 is 18.0 Å². The van der Waals surface area contributed by atoms with Crippen molar-refractivity contribution in [1.29, 1.82) is 0 Å². The van der Waals surface area contributed by atoms with E-state index in [0.29, 0.717) is 63.6 Å². The number of ether oxygens (including phenoxy) is 2. The van der Waals surface area contributed by atoms with Crippen LogP contribution in [-0.2, 0) is 32.0 Å². The van der Waals surface area contributed by atoms with Gasteiger partial charge in [0, 0.05) is 37.8 Å². The van der Waals surface area contributed by atoms with Gasteiger partial charge in [0.1, 0.15) is 18.1 Å². The second-order valence-corrected chi connectivity index (χ2v) is 8.66. The SMILES string of the molecule is CCOC(=O)CNC(=O)N1CCc2nc(-c3ccccn3)nc(N3CCC(C(=O)OCC)CC3)c2C1. The third kappa shape index (κ3) is 5.89. The number of rotatable bonds is 7. The summed E-state index contributed by atoms with van der Waals surface area (Å²) in [7, 11) is 0. The Hall–Kier alpha value is -3.76. The van der Waals surface area contributed by atoms with Gasteiger partial charge in [-0.2, -0.15) is 0 Å². The highest BCUT2D eigenvalue weighted by molar-refractivity contribution is 5.81. The molecule has 0 unspecified atom stereocenters.